The standard InChI is InChI=1S/2C9H10Cl2N2O2/c2*1-13(15-2)9(14)12-6-3-4-7(10)8(11)5-6/h2*3-5H,1-2H3,(H,12,14). The van der Waals surface area contributed by atoms with Crippen LogP contribution in [0.25, 0.3) is 0 Å². The van der Waals surface area contributed by atoms with E-state index in [1.807, 2.05) is 0 Å². The molecular formula is C18H20Cl4N4O4. The smallest absolute Gasteiger partial charge is 0.306 e. The maximum Gasteiger partial charge on any atom is 0.345 e. The molecule has 0 spiro atoms. The molecule has 0 bridgehead atoms. The second-order valence-electron chi connectivity index (χ2n) is 5.48. The first-order valence-corrected chi connectivity index (χ1v) is 9.68. The van der Waals surface area contributed by atoms with Gasteiger partial charge in [0, 0.05) is 25.5 Å². The molecule has 164 valence electrons. The molecule has 0 heterocycles. The van der Waals surface area contributed by atoms with Crippen molar-refractivity contribution in [2.45, 2.75) is 0 Å². The van der Waals surface area contributed by atoms with Crippen molar-refractivity contribution in [1.82, 2.24) is 10.1 Å². The molecule has 8 nitrogen and oxygen atoms in total. The fourth-order valence-electron chi connectivity index (χ4n) is 1.72. The number of carbonyl (C=O) groups is 2. The van der Waals surface area contributed by atoms with Crippen LogP contribution in [0.5, 0.6) is 0 Å². The molecule has 12 heteroatoms. The Morgan fingerprint density at radius 3 is 1.30 bits per heavy atom. The highest BCUT2D eigenvalue weighted by Gasteiger charge is 2.09. The molecule has 0 aromatic heterocycles. The number of halogens is 4. The summed E-state index contributed by atoms with van der Waals surface area (Å²) in [5.74, 6) is 0. The molecule has 4 amide bonds. The van der Waals surface area contributed by atoms with E-state index in [1.165, 1.54) is 28.3 Å². The van der Waals surface area contributed by atoms with Gasteiger partial charge in [0.1, 0.15) is 0 Å². The van der Waals surface area contributed by atoms with E-state index in [2.05, 4.69) is 10.6 Å². The van der Waals surface area contributed by atoms with E-state index < -0.39 is 12.1 Å². The van der Waals surface area contributed by atoms with Gasteiger partial charge in [-0.1, -0.05) is 46.4 Å². The highest BCUT2D eigenvalue weighted by Crippen LogP contribution is 2.26. The van der Waals surface area contributed by atoms with Crippen LogP contribution < -0.4 is 10.6 Å². The van der Waals surface area contributed by atoms with Crippen LogP contribution in [0.4, 0.5) is 21.0 Å². The minimum Gasteiger partial charge on any atom is -0.306 e. The summed E-state index contributed by atoms with van der Waals surface area (Å²) in [5, 5.41) is 8.92. The number of benzene rings is 2. The summed E-state index contributed by atoms with van der Waals surface area (Å²) in [4.78, 5) is 32.1. The number of hydrogen-bond donors (Lipinski definition) is 2. The molecule has 0 saturated heterocycles. The van der Waals surface area contributed by atoms with E-state index in [0.717, 1.165) is 10.1 Å². The quantitative estimate of drug-likeness (QED) is 0.504. The van der Waals surface area contributed by atoms with E-state index >= 15 is 0 Å². The lowest BCUT2D eigenvalue weighted by Gasteiger charge is -2.14. The molecular weight excluding hydrogens is 478 g/mol. The first-order valence-electron chi connectivity index (χ1n) is 8.16. The van der Waals surface area contributed by atoms with Gasteiger partial charge in [0.15, 0.2) is 0 Å². The Morgan fingerprint density at radius 1 is 0.700 bits per heavy atom. The predicted octanol–water partition coefficient (Wildman–Crippen LogP) is 6.04. The van der Waals surface area contributed by atoms with Crippen molar-refractivity contribution in [3.63, 3.8) is 0 Å². The SMILES string of the molecule is CON(C)C(=O)Nc1ccc(Cl)c(Cl)c1.CON(C)C(=O)Nc1ccc(Cl)c(Cl)c1. The summed E-state index contributed by atoms with van der Waals surface area (Å²) in [6.45, 7) is 0. The van der Waals surface area contributed by atoms with Gasteiger partial charge < -0.3 is 10.6 Å². The molecule has 2 aromatic carbocycles. The van der Waals surface area contributed by atoms with E-state index in [9.17, 15) is 9.59 Å². The predicted molar refractivity (Wildman–Crippen MR) is 121 cm³/mol. The third kappa shape index (κ3) is 8.43. The van der Waals surface area contributed by atoms with Gasteiger partial charge in [-0.15, -0.1) is 0 Å². The van der Waals surface area contributed by atoms with Gasteiger partial charge in [-0.3, -0.25) is 9.68 Å². The average Bonchev–Trinajstić information content (AvgIpc) is 2.72. The first kappa shape index (κ1) is 26.1. The fraction of sp³-hybridized carbons (Fsp3) is 0.222. The molecule has 0 radical (unpaired) electrons. The maximum atomic E-state index is 11.4. The van der Waals surface area contributed by atoms with Crippen LogP contribution in [0.15, 0.2) is 36.4 Å². The molecule has 30 heavy (non-hydrogen) atoms. The summed E-state index contributed by atoms with van der Waals surface area (Å²) in [6, 6.07) is 8.84. The zero-order valence-electron chi connectivity index (χ0n) is 16.5. The van der Waals surface area contributed by atoms with Crippen LogP contribution in [-0.4, -0.2) is 50.5 Å². The zero-order chi connectivity index (χ0) is 22.8. The molecule has 0 saturated carbocycles. The third-order valence-corrected chi connectivity index (χ3v) is 4.94. The van der Waals surface area contributed by atoms with Crippen molar-refractivity contribution in [1.29, 1.82) is 0 Å². The van der Waals surface area contributed by atoms with Gasteiger partial charge in [0.2, 0.25) is 0 Å². The maximum absolute atomic E-state index is 11.4. The van der Waals surface area contributed by atoms with E-state index in [0.29, 0.717) is 31.5 Å². The Morgan fingerprint density at radius 2 is 1.03 bits per heavy atom. The Balaban J connectivity index is 0.000000300. The number of carbonyl (C=O) groups excluding carboxylic acids is 2. The molecule has 0 fully saturated rings. The van der Waals surface area contributed by atoms with Crippen LogP contribution in [0.1, 0.15) is 0 Å². The van der Waals surface area contributed by atoms with E-state index in [4.69, 9.17) is 56.1 Å². The van der Waals surface area contributed by atoms with Crippen molar-refractivity contribution in [2.24, 2.45) is 0 Å². The molecule has 2 rings (SSSR count). The monoisotopic (exact) mass is 496 g/mol. The summed E-state index contributed by atoms with van der Waals surface area (Å²) in [7, 11) is 5.78. The average molecular weight is 498 g/mol. The normalized spacial score (nSPS) is 9.87. The number of hydrogen-bond acceptors (Lipinski definition) is 4. The Bertz CT molecular complexity index is 814. The lowest BCUT2D eigenvalue weighted by atomic mass is 10.3. The van der Waals surface area contributed by atoms with Crippen molar-refractivity contribution in [3.05, 3.63) is 56.5 Å². The molecule has 0 aliphatic carbocycles. The molecule has 0 atom stereocenters. The van der Waals surface area contributed by atoms with Crippen molar-refractivity contribution in [3.8, 4) is 0 Å². The second-order valence-corrected chi connectivity index (χ2v) is 7.11. The number of urea groups is 2. The van der Waals surface area contributed by atoms with Gasteiger partial charge in [-0.05, 0) is 36.4 Å². The fourth-order valence-corrected chi connectivity index (χ4v) is 2.31. The number of amides is 4. The zero-order valence-corrected chi connectivity index (χ0v) is 19.5. The van der Waals surface area contributed by atoms with Gasteiger partial charge in [0.25, 0.3) is 0 Å². The van der Waals surface area contributed by atoms with Crippen molar-refractivity contribution in [2.75, 3.05) is 38.9 Å². The topological polar surface area (TPSA) is 83.1 Å². The van der Waals surface area contributed by atoms with Crippen LogP contribution in [0.3, 0.4) is 0 Å². The Kier molecular flexibility index (Phi) is 11.0. The third-order valence-electron chi connectivity index (χ3n) is 3.46. The molecule has 0 unspecified atom stereocenters. The minimum absolute atomic E-state index is 0.384. The van der Waals surface area contributed by atoms with E-state index in [-0.39, 0.29) is 0 Å². The van der Waals surface area contributed by atoms with Crippen molar-refractivity contribution >= 4 is 69.8 Å². The van der Waals surface area contributed by atoms with Crippen LogP contribution in [-0.2, 0) is 9.68 Å². The number of nitrogens with zero attached hydrogens (tertiary/aromatic N) is 2. The van der Waals surface area contributed by atoms with Gasteiger partial charge >= 0.3 is 12.1 Å². The Hall–Kier alpha value is -1.94. The summed E-state index contributed by atoms with van der Waals surface area (Å²) >= 11 is 23.0. The van der Waals surface area contributed by atoms with Crippen LogP contribution in [0, 0.1) is 0 Å². The molecule has 2 N–H and O–H groups in total. The van der Waals surface area contributed by atoms with Crippen molar-refractivity contribution < 1.29 is 19.3 Å². The molecule has 0 aliphatic rings. The van der Waals surface area contributed by atoms with E-state index in [1.54, 1.807) is 36.4 Å². The number of hydroxylamine groups is 4. The number of anilines is 2. The highest BCUT2D eigenvalue weighted by molar-refractivity contribution is 6.42. The summed E-state index contributed by atoms with van der Waals surface area (Å²) in [6.07, 6.45) is 0. The van der Waals surface area contributed by atoms with Crippen LogP contribution in [0.2, 0.25) is 20.1 Å². The Labute approximate surface area is 194 Å². The first-order chi connectivity index (χ1) is 14.1. The lowest BCUT2D eigenvalue weighted by Crippen LogP contribution is -2.30. The lowest BCUT2D eigenvalue weighted by molar-refractivity contribution is -0.0598. The highest BCUT2D eigenvalue weighted by atomic mass is 35.5. The van der Waals surface area contributed by atoms with Gasteiger partial charge in [-0.25, -0.2) is 19.7 Å². The molecule has 2 aromatic rings. The number of nitrogens with one attached hydrogen (secondary N) is 2. The number of rotatable bonds is 4. The summed E-state index contributed by atoms with van der Waals surface area (Å²) in [5.41, 5.74) is 1.11. The molecule has 0 aliphatic heterocycles. The second kappa shape index (κ2) is 12.7. The van der Waals surface area contributed by atoms with Gasteiger partial charge in [0.05, 0.1) is 34.3 Å². The van der Waals surface area contributed by atoms with Crippen LogP contribution >= 0.6 is 46.4 Å². The minimum atomic E-state index is -0.393. The largest absolute Gasteiger partial charge is 0.345 e. The summed E-state index contributed by atoms with van der Waals surface area (Å²) < 4.78 is 0. The van der Waals surface area contributed by atoms with Gasteiger partial charge in [-0.2, -0.15) is 0 Å².